The Labute approximate surface area is 118 Å². The first-order chi connectivity index (χ1) is 9.76. The fourth-order valence-electron chi connectivity index (χ4n) is 1.84. The van der Waals surface area contributed by atoms with Crippen LogP contribution in [-0.2, 0) is 6.42 Å². The molecule has 0 saturated heterocycles. The number of aromatic nitrogens is 4. The first-order valence-corrected chi connectivity index (χ1v) is 6.82. The summed E-state index contributed by atoms with van der Waals surface area (Å²) in [5.74, 6) is 7.18. The van der Waals surface area contributed by atoms with Crippen LogP contribution in [0.3, 0.4) is 0 Å². The Morgan fingerprint density at radius 3 is 3.05 bits per heavy atom. The topological polar surface area (TPSA) is 115 Å². The molecule has 0 aliphatic rings. The van der Waals surface area contributed by atoms with Crippen LogP contribution in [0.2, 0.25) is 0 Å². The molecule has 0 unspecified atom stereocenters. The van der Waals surface area contributed by atoms with E-state index in [4.69, 9.17) is 5.84 Å². The summed E-state index contributed by atoms with van der Waals surface area (Å²) in [7, 11) is 0. The number of hydrogen-bond acceptors (Lipinski definition) is 9. The first-order valence-electron chi connectivity index (χ1n) is 6.00. The molecule has 3 rings (SSSR count). The Morgan fingerprint density at radius 2 is 2.30 bits per heavy atom. The quantitative estimate of drug-likeness (QED) is 0.476. The van der Waals surface area contributed by atoms with Crippen LogP contribution in [-0.4, -0.2) is 26.7 Å². The van der Waals surface area contributed by atoms with Crippen LogP contribution in [0.15, 0.2) is 17.0 Å². The maximum absolute atomic E-state index is 5.39. The second kappa shape index (κ2) is 5.39. The number of thiophene rings is 1. The average molecular weight is 291 g/mol. The molecule has 8 nitrogen and oxygen atoms in total. The van der Waals surface area contributed by atoms with Crippen LogP contribution in [0.25, 0.3) is 10.2 Å². The van der Waals surface area contributed by atoms with Gasteiger partial charge in [-0.05, 0) is 13.0 Å². The number of aryl methyl sites for hydroxylation is 1. The second-order valence-electron chi connectivity index (χ2n) is 4.14. The fourth-order valence-corrected chi connectivity index (χ4v) is 2.72. The third-order valence-electron chi connectivity index (χ3n) is 2.69. The van der Waals surface area contributed by atoms with Gasteiger partial charge >= 0.3 is 0 Å². The van der Waals surface area contributed by atoms with Crippen LogP contribution >= 0.6 is 11.3 Å². The third-order valence-corrected chi connectivity index (χ3v) is 3.64. The van der Waals surface area contributed by atoms with Crippen LogP contribution in [0.4, 0.5) is 11.8 Å². The van der Waals surface area contributed by atoms with Crippen molar-refractivity contribution in [2.24, 2.45) is 5.84 Å². The van der Waals surface area contributed by atoms with E-state index in [1.54, 1.807) is 11.3 Å². The number of anilines is 2. The van der Waals surface area contributed by atoms with Crippen LogP contribution in [0.1, 0.15) is 10.7 Å². The van der Waals surface area contributed by atoms with E-state index >= 15 is 0 Å². The molecule has 0 radical (unpaired) electrons. The molecule has 0 bridgehead atoms. The van der Waals surface area contributed by atoms with Crippen molar-refractivity contribution in [3.63, 3.8) is 0 Å². The van der Waals surface area contributed by atoms with E-state index in [9.17, 15) is 0 Å². The summed E-state index contributed by atoms with van der Waals surface area (Å²) in [6.07, 6.45) is 1.97. The van der Waals surface area contributed by atoms with Crippen LogP contribution < -0.4 is 16.6 Å². The molecular formula is C11H13N7OS. The van der Waals surface area contributed by atoms with E-state index < -0.39 is 0 Å². The van der Waals surface area contributed by atoms with Gasteiger partial charge < -0.3 is 9.84 Å². The fraction of sp³-hybridized carbons (Fsp3) is 0.273. The third kappa shape index (κ3) is 2.53. The van der Waals surface area contributed by atoms with Gasteiger partial charge in [-0.15, -0.1) is 11.3 Å². The summed E-state index contributed by atoms with van der Waals surface area (Å²) in [5, 5.41) is 8.00. The van der Waals surface area contributed by atoms with E-state index in [1.165, 1.54) is 11.3 Å². The number of fused-ring (bicyclic) bond motifs is 1. The first kappa shape index (κ1) is 12.8. The van der Waals surface area contributed by atoms with Gasteiger partial charge in [0, 0.05) is 17.8 Å². The Bertz CT molecular complexity index is 709. The number of nitrogens with zero attached hydrogens (tertiary/aromatic N) is 4. The zero-order chi connectivity index (χ0) is 13.9. The van der Waals surface area contributed by atoms with Gasteiger partial charge in [-0.3, -0.25) is 5.43 Å². The van der Waals surface area contributed by atoms with E-state index in [2.05, 4.69) is 41.4 Å². The van der Waals surface area contributed by atoms with Crippen molar-refractivity contribution in [2.45, 2.75) is 13.3 Å². The minimum atomic E-state index is 0.390. The SMILES string of the molecule is Cc1cc2c(NCCc3ncon3)nc(NN)nc2s1. The maximum Gasteiger partial charge on any atom is 0.240 e. The molecule has 0 aliphatic heterocycles. The predicted molar refractivity (Wildman–Crippen MR) is 76.5 cm³/mol. The molecular weight excluding hydrogens is 278 g/mol. The molecule has 0 spiro atoms. The molecule has 3 aromatic rings. The van der Waals surface area contributed by atoms with Gasteiger partial charge in [0.1, 0.15) is 10.6 Å². The van der Waals surface area contributed by atoms with Gasteiger partial charge in [-0.2, -0.15) is 9.97 Å². The van der Waals surface area contributed by atoms with Crippen molar-refractivity contribution >= 4 is 33.3 Å². The molecule has 0 aliphatic carbocycles. The van der Waals surface area contributed by atoms with E-state index in [-0.39, 0.29) is 0 Å². The lowest BCUT2D eigenvalue weighted by atomic mass is 10.3. The molecule has 9 heteroatoms. The summed E-state index contributed by atoms with van der Waals surface area (Å²) in [4.78, 5) is 14.7. The summed E-state index contributed by atoms with van der Waals surface area (Å²) >= 11 is 1.60. The van der Waals surface area contributed by atoms with Gasteiger partial charge in [-0.1, -0.05) is 5.16 Å². The molecule has 0 saturated carbocycles. The number of hydrazine groups is 1. The van der Waals surface area contributed by atoms with Crippen LogP contribution in [0, 0.1) is 6.92 Å². The molecule has 0 atom stereocenters. The standard InChI is InChI=1S/C11H13N7OS/c1-6-4-7-9(13-3-2-8-14-5-19-18-8)15-11(17-12)16-10(7)20-6/h4-5H,2-3,12H2,1H3,(H2,13,15,16,17). The Morgan fingerprint density at radius 1 is 1.40 bits per heavy atom. The monoisotopic (exact) mass is 291 g/mol. The number of nitrogens with one attached hydrogen (secondary N) is 2. The normalized spacial score (nSPS) is 10.9. The van der Waals surface area contributed by atoms with Gasteiger partial charge in [-0.25, -0.2) is 10.8 Å². The van der Waals surface area contributed by atoms with Gasteiger partial charge in [0.15, 0.2) is 5.82 Å². The number of rotatable bonds is 5. The van der Waals surface area contributed by atoms with Gasteiger partial charge in [0.05, 0.1) is 5.39 Å². The number of hydrogen-bond donors (Lipinski definition) is 3. The van der Waals surface area contributed by atoms with Crippen molar-refractivity contribution in [3.05, 3.63) is 23.2 Å². The molecule has 4 N–H and O–H groups in total. The lowest BCUT2D eigenvalue weighted by Crippen LogP contribution is -2.13. The molecule has 104 valence electrons. The van der Waals surface area contributed by atoms with Crippen molar-refractivity contribution in [1.29, 1.82) is 0 Å². The van der Waals surface area contributed by atoms with Crippen molar-refractivity contribution in [3.8, 4) is 0 Å². The average Bonchev–Trinajstić information content (AvgIpc) is 3.06. The van der Waals surface area contributed by atoms with Crippen molar-refractivity contribution < 1.29 is 4.52 Å². The van der Waals surface area contributed by atoms with E-state index in [1.807, 2.05) is 6.92 Å². The predicted octanol–water partition coefficient (Wildman–Crippen LogP) is 1.32. The molecule has 0 amide bonds. The Kier molecular flexibility index (Phi) is 3.44. The minimum absolute atomic E-state index is 0.390. The summed E-state index contributed by atoms with van der Waals surface area (Å²) in [6, 6.07) is 2.05. The zero-order valence-corrected chi connectivity index (χ0v) is 11.6. The highest BCUT2D eigenvalue weighted by Crippen LogP contribution is 2.29. The molecule has 0 aromatic carbocycles. The lowest BCUT2D eigenvalue weighted by molar-refractivity contribution is 0.410. The summed E-state index contributed by atoms with van der Waals surface area (Å²) in [5.41, 5.74) is 2.48. The molecule has 3 heterocycles. The Balaban J connectivity index is 1.81. The highest BCUT2D eigenvalue weighted by molar-refractivity contribution is 7.18. The highest BCUT2D eigenvalue weighted by Gasteiger charge is 2.10. The molecule has 3 aromatic heterocycles. The van der Waals surface area contributed by atoms with Crippen molar-refractivity contribution in [1.82, 2.24) is 20.1 Å². The largest absolute Gasteiger partial charge is 0.369 e. The number of nitrogen functional groups attached to an aromatic ring is 1. The van der Waals surface area contributed by atoms with E-state index in [0.717, 1.165) is 16.0 Å². The highest BCUT2D eigenvalue weighted by atomic mass is 32.1. The van der Waals surface area contributed by atoms with E-state index in [0.29, 0.717) is 24.7 Å². The summed E-state index contributed by atoms with van der Waals surface area (Å²) < 4.78 is 4.69. The van der Waals surface area contributed by atoms with Gasteiger partial charge in [0.2, 0.25) is 12.3 Å². The minimum Gasteiger partial charge on any atom is -0.369 e. The van der Waals surface area contributed by atoms with Gasteiger partial charge in [0.25, 0.3) is 0 Å². The second-order valence-corrected chi connectivity index (χ2v) is 5.38. The van der Waals surface area contributed by atoms with Crippen molar-refractivity contribution in [2.75, 3.05) is 17.3 Å². The zero-order valence-electron chi connectivity index (χ0n) is 10.8. The lowest BCUT2D eigenvalue weighted by Gasteiger charge is -2.07. The smallest absolute Gasteiger partial charge is 0.240 e. The van der Waals surface area contributed by atoms with Crippen LogP contribution in [0.5, 0.6) is 0 Å². The Hall–Kier alpha value is -2.26. The number of nitrogens with two attached hydrogens (primary N) is 1. The molecule has 0 fully saturated rings. The summed E-state index contributed by atoms with van der Waals surface area (Å²) in [6.45, 7) is 2.68. The molecule has 20 heavy (non-hydrogen) atoms. The maximum atomic E-state index is 5.39.